The van der Waals surface area contributed by atoms with E-state index >= 15 is 0 Å². The summed E-state index contributed by atoms with van der Waals surface area (Å²) in [4.78, 5) is 14.6. The van der Waals surface area contributed by atoms with Gasteiger partial charge >= 0.3 is 0 Å². The van der Waals surface area contributed by atoms with Crippen molar-refractivity contribution in [2.45, 2.75) is 19.5 Å². The van der Waals surface area contributed by atoms with Gasteiger partial charge in [-0.3, -0.25) is 4.79 Å². The fourth-order valence-electron chi connectivity index (χ4n) is 4.10. The van der Waals surface area contributed by atoms with E-state index in [9.17, 15) is 14.3 Å². The molecule has 0 saturated carbocycles. The van der Waals surface area contributed by atoms with E-state index in [1.165, 1.54) is 11.0 Å². The first-order chi connectivity index (χ1) is 15.0. The van der Waals surface area contributed by atoms with E-state index in [0.29, 0.717) is 28.2 Å². The molecule has 1 atom stereocenters. The highest BCUT2D eigenvalue weighted by Crippen LogP contribution is 2.45. The summed E-state index contributed by atoms with van der Waals surface area (Å²) < 4.78 is 25.7. The average Bonchev–Trinajstić information content (AvgIpc) is 3.33. The Morgan fingerprint density at radius 3 is 2.55 bits per heavy atom. The second kappa shape index (κ2) is 7.47. The Bertz CT molecular complexity index is 1200. The van der Waals surface area contributed by atoms with Crippen LogP contribution in [0.15, 0.2) is 72.5 Å². The van der Waals surface area contributed by atoms with Gasteiger partial charge in [0.25, 0.3) is 5.91 Å². The first kappa shape index (κ1) is 19.2. The zero-order valence-corrected chi connectivity index (χ0v) is 16.8. The van der Waals surface area contributed by atoms with Crippen LogP contribution in [0.3, 0.4) is 0 Å². The molecule has 0 unspecified atom stereocenters. The molecule has 0 bridgehead atoms. The third-order valence-corrected chi connectivity index (χ3v) is 5.66. The second-order valence-electron chi connectivity index (χ2n) is 7.67. The minimum absolute atomic E-state index is 0.152. The molecule has 5 nitrogen and oxygen atoms in total. The van der Waals surface area contributed by atoms with Crippen LogP contribution in [0, 0.1) is 12.7 Å². The van der Waals surface area contributed by atoms with Crippen molar-refractivity contribution in [3.63, 3.8) is 0 Å². The van der Waals surface area contributed by atoms with Crippen LogP contribution < -0.4 is 9.47 Å². The SMILES string of the molecule is Cc1ccc(C2=C(O)C(=O)N(Cc3ccc4c(c3)OCO4)[C@@H]2c2ccccc2F)cc1. The molecule has 6 heteroatoms. The van der Waals surface area contributed by atoms with E-state index in [-0.39, 0.29) is 19.1 Å². The molecule has 0 radical (unpaired) electrons. The molecule has 2 heterocycles. The molecule has 3 aromatic rings. The van der Waals surface area contributed by atoms with Crippen molar-refractivity contribution >= 4 is 11.5 Å². The van der Waals surface area contributed by atoms with Crippen LogP contribution in [-0.4, -0.2) is 22.7 Å². The van der Waals surface area contributed by atoms with E-state index in [4.69, 9.17) is 9.47 Å². The minimum atomic E-state index is -0.762. The Hall–Kier alpha value is -3.80. The number of carbonyl (C=O) groups is 1. The van der Waals surface area contributed by atoms with Gasteiger partial charge in [-0.1, -0.05) is 54.1 Å². The number of hydrogen-bond acceptors (Lipinski definition) is 4. The smallest absolute Gasteiger partial charge is 0.290 e. The van der Waals surface area contributed by atoms with Gasteiger partial charge in [0.1, 0.15) is 5.82 Å². The Balaban J connectivity index is 1.59. The van der Waals surface area contributed by atoms with Gasteiger partial charge in [-0.2, -0.15) is 0 Å². The van der Waals surface area contributed by atoms with Gasteiger partial charge in [0, 0.05) is 17.7 Å². The van der Waals surface area contributed by atoms with Gasteiger partial charge in [0.15, 0.2) is 17.3 Å². The third-order valence-electron chi connectivity index (χ3n) is 5.66. The van der Waals surface area contributed by atoms with Crippen molar-refractivity contribution in [1.82, 2.24) is 4.90 Å². The van der Waals surface area contributed by atoms with E-state index < -0.39 is 17.8 Å². The highest BCUT2D eigenvalue weighted by molar-refractivity contribution is 6.05. The van der Waals surface area contributed by atoms with Crippen molar-refractivity contribution in [3.8, 4) is 11.5 Å². The zero-order chi connectivity index (χ0) is 21.5. The summed E-state index contributed by atoms with van der Waals surface area (Å²) >= 11 is 0. The largest absolute Gasteiger partial charge is 0.503 e. The molecule has 3 aromatic carbocycles. The fourth-order valence-corrected chi connectivity index (χ4v) is 4.10. The van der Waals surface area contributed by atoms with Gasteiger partial charge in [-0.25, -0.2) is 4.39 Å². The van der Waals surface area contributed by atoms with Gasteiger partial charge in [-0.05, 0) is 36.2 Å². The quantitative estimate of drug-likeness (QED) is 0.655. The summed E-state index contributed by atoms with van der Waals surface area (Å²) in [5.41, 5.74) is 3.25. The minimum Gasteiger partial charge on any atom is -0.503 e. The summed E-state index contributed by atoms with van der Waals surface area (Å²) in [5.74, 6) is -0.0966. The lowest BCUT2D eigenvalue weighted by atomic mass is 9.92. The maximum Gasteiger partial charge on any atom is 0.290 e. The molecular formula is C25H20FNO4. The van der Waals surface area contributed by atoms with Crippen LogP contribution in [-0.2, 0) is 11.3 Å². The number of aliphatic hydroxyl groups is 1. The molecule has 0 saturated heterocycles. The van der Waals surface area contributed by atoms with Crippen molar-refractivity contribution in [2.24, 2.45) is 0 Å². The predicted molar refractivity (Wildman–Crippen MR) is 113 cm³/mol. The lowest BCUT2D eigenvalue weighted by Gasteiger charge is -2.28. The molecule has 2 aliphatic heterocycles. The van der Waals surface area contributed by atoms with Crippen molar-refractivity contribution in [1.29, 1.82) is 0 Å². The Kier molecular flexibility index (Phi) is 4.62. The molecule has 31 heavy (non-hydrogen) atoms. The number of nitrogens with zero attached hydrogens (tertiary/aromatic N) is 1. The molecule has 0 spiro atoms. The van der Waals surface area contributed by atoms with Crippen LogP contribution in [0.5, 0.6) is 11.5 Å². The molecule has 0 fully saturated rings. The number of benzene rings is 3. The van der Waals surface area contributed by atoms with Gasteiger partial charge in [0.05, 0.1) is 6.04 Å². The van der Waals surface area contributed by atoms with Crippen molar-refractivity contribution < 1.29 is 23.8 Å². The summed E-state index contributed by atoms with van der Waals surface area (Å²) in [5, 5.41) is 10.8. The molecule has 0 aromatic heterocycles. The van der Waals surface area contributed by atoms with E-state index in [1.807, 2.05) is 37.3 Å². The molecule has 1 amide bonds. The Labute approximate surface area is 179 Å². The molecular weight excluding hydrogens is 397 g/mol. The third kappa shape index (κ3) is 3.30. The van der Waals surface area contributed by atoms with E-state index in [2.05, 4.69) is 0 Å². The highest BCUT2D eigenvalue weighted by atomic mass is 19.1. The fraction of sp³-hybridized carbons (Fsp3) is 0.160. The number of rotatable bonds is 4. The van der Waals surface area contributed by atoms with Gasteiger partial charge in [0.2, 0.25) is 6.79 Å². The number of amides is 1. The average molecular weight is 417 g/mol. The van der Waals surface area contributed by atoms with E-state index in [0.717, 1.165) is 11.1 Å². The maximum atomic E-state index is 14.9. The number of aryl methyl sites for hydroxylation is 1. The van der Waals surface area contributed by atoms with Crippen LogP contribution in [0.1, 0.15) is 28.3 Å². The molecule has 2 aliphatic rings. The monoisotopic (exact) mass is 417 g/mol. The number of hydrogen-bond donors (Lipinski definition) is 1. The zero-order valence-electron chi connectivity index (χ0n) is 16.8. The molecule has 1 N–H and O–H groups in total. The Morgan fingerprint density at radius 2 is 1.77 bits per heavy atom. The second-order valence-corrected chi connectivity index (χ2v) is 7.67. The van der Waals surface area contributed by atoms with Crippen molar-refractivity contribution in [3.05, 3.63) is 101 Å². The topological polar surface area (TPSA) is 59.0 Å². The molecule has 156 valence electrons. The lowest BCUT2D eigenvalue weighted by molar-refractivity contribution is -0.130. The first-order valence-electron chi connectivity index (χ1n) is 9.97. The summed E-state index contributed by atoms with van der Waals surface area (Å²) in [6, 6.07) is 18.5. The summed E-state index contributed by atoms with van der Waals surface area (Å²) in [6.45, 7) is 2.28. The van der Waals surface area contributed by atoms with Crippen LogP contribution in [0.25, 0.3) is 5.57 Å². The molecule has 0 aliphatic carbocycles. The Morgan fingerprint density at radius 1 is 1.03 bits per heavy atom. The normalized spacial score (nSPS) is 17.5. The first-order valence-corrected chi connectivity index (χ1v) is 9.97. The van der Waals surface area contributed by atoms with Crippen molar-refractivity contribution in [2.75, 3.05) is 6.79 Å². The maximum absolute atomic E-state index is 14.9. The van der Waals surface area contributed by atoms with Crippen LogP contribution >= 0.6 is 0 Å². The number of halogens is 1. The number of fused-ring (bicyclic) bond motifs is 1. The van der Waals surface area contributed by atoms with Gasteiger partial charge < -0.3 is 19.5 Å². The van der Waals surface area contributed by atoms with E-state index in [1.54, 1.807) is 30.3 Å². The van der Waals surface area contributed by atoms with Crippen LogP contribution in [0.4, 0.5) is 4.39 Å². The molecule has 5 rings (SSSR count). The number of aliphatic hydroxyl groups excluding tert-OH is 1. The highest BCUT2D eigenvalue weighted by Gasteiger charge is 2.42. The summed E-state index contributed by atoms with van der Waals surface area (Å²) in [6.07, 6.45) is 0. The van der Waals surface area contributed by atoms with Gasteiger partial charge in [-0.15, -0.1) is 0 Å². The standard InChI is InChI=1S/C25H20FNO4/c1-15-6-9-17(10-7-15)22-23(18-4-2-3-5-19(18)26)27(25(29)24(22)28)13-16-8-11-20-21(12-16)31-14-30-20/h2-12,23,28H,13-14H2,1H3/t23-/m1/s1. The summed E-state index contributed by atoms with van der Waals surface area (Å²) in [7, 11) is 0. The predicted octanol–water partition coefficient (Wildman–Crippen LogP) is 4.92. The van der Waals surface area contributed by atoms with Crippen LogP contribution in [0.2, 0.25) is 0 Å². The number of carbonyl (C=O) groups excluding carboxylic acids is 1. The lowest BCUT2D eigenvalue weighted by Crippen LogP contribution is -2.30. The number of ether oxygens (including phenoxy) is 2.